The average molecular weight is 398 g/mol. The zero-order chi connectivity index (χ0) is 19.7. The SMILES string of the molecule is COc1cccc(N2C[C@@H](C(=O)Nc3sccc3-c3nc(C)no3)CC2=O)c1. The number of aromatic nitrogens is 2. The van der Waals surface area contributed by atoms with Crippen LogP contribution in [0.3, 0.4) is 0 Å². The molecule has 0 unspecified atom stereocenters. The van der Waals surface area contributed by atoms with Gasteiger partial charge in [-0.05, 0) is 30.5 Å². The molecule has 1 aliphatic heterocycles. The first-order valence-corrected chi connectivity index (χ1v) is 9.56. The first-order chi connectivity index (χ1) is 13.5. The van der Waals surface area contributed by atoms with Crippen molar-refractivity contribution in [2.45, 2.75) is 13.3 Å². The molecule has 0 bridgehead atoms. The van der Waals surface area contributed by atoms with Crippen LogP contribution in [-0.2, 0) is 9.59 Å². The van der Waals surface area contributed by atoms with Gasteiger partial charge in [-0.3, -0.25) is 9.59 Å². The molecule has 144 valence electrons. The Kier molecular flexibility index (Phi) is 4.82. The monoisotopic (exact) mass is 398 g/mol. The van der Waals surface area contributed by atoms with E-state index in [9.17, 15) is 9.59 Å². The molecule has 1 aliphatic rings. The third kappa shape index (κ3) is 3.48. The van der Waals surface area contributed by atoms with Gasteiger partial charge in [0.05, 0.1) is 18.6 Å². The van der Waals surface area contributed by atoms with Crippen molar-refractivity contribution in [2.24, 2.45) is 5.92 Å². The molecule has 9 heteroatoms. The van der Waals surface area contributed by atoms with Gasteiger partial charge in [0, 0.05) is 24.7 Å². The number of aryl methyl sites for hydroxylation is 1. The van der Waals surface area contributed by atoms with E-state index in [-0.39, 0.29) is 18.2 Å². The minimum absolute atomic E-state index is 0.0904. The van der Waals surface area contributed by atoms with Gasteiger partial charge in [0.1, 0.15) is 10.8 Å². The van der Waals surface area contributed by atoms with Crippen LogP contribution in [0.25, 0.3) is 11.5 Å². The lowest BCUT2D eigenvalue weighted by molar-refractivity contribution is -0.122. The van der Waals surface area contributed by atoms with Gasteiger partial charge in [0.15, 0.2) is 5.82 Å². The molecule has 0 radical (unpaired) electrons. The largest absolute Gasteiger partial charge is 0.497 e. The number of carbonyl (C=O) groups is 2. The number of methoxy groups -OCH3 is 1. The van der Waals surface area contributed by atoms with E-state index < -0.39 is 5.92 Å². The molecule has 0 saturated carbocycles. The minimum Gasteiger partial charge on any atom is -0.497 e. The second-order valence-corrected chi connectivity index (χ2v) is 7.32. The lowest BCUT2D eigenvalue weighted by Gasteiger charge is -2.17. The third-order valence-electron chi connectivity index (χ3n) is 4.52. The average Bonchev–Trinajstić information content (AvgIpc) is 3.41. The fraction of sp³-hybridized carbons (Fsp3) is 0.263. The van der Waals surface area contributed by atoms with Crippen LogP contribution in [0.1, 0.15) is 12.2 Å². The lowest BCUT2D eigenvalue weighted by Crippen LogP contribution is -2.28. The lowest BCUT2D eigenvalue weighted by atomic mass is 10.1. The normalized spacial score (nSPS) is 16.4. The summed E-state index contributed by atoms with van der Waals surface area (Å²) in [7, 11) is 1.57. The van der Waals surface area contributed by atoms with Crippen molar-refractivity contribution >= 4 is 33.8 Å². The number of hydrogen-bond donors (Lipinski definition) is 1. The maximum Gasteiger partial charge on any atom is 0.260 e. The number of nitrogens with zero attached hydrogens (tertiary/aromatic N) is 3. The van der Waals surface area contributed by atoms with E-state index in [4.69, 9.17) is 9.26 Å². The fourth-order valence-electron chi connectivity index (χ4n) is 3.11. The Morgan fingerprint density at radius 3 is 3.00 bits per heavy atom. The van der Waals surface area contributed by atoms with Gasteiger partial charge in [-0.2, -0.15) is 4.98 Å². The molecule has 1 aromatic carbocycles. The number of benzene rings is 1. The third-order valence-corrected chi connectivity index (χ3v) is 5.35. The number of amides is 2. The number of anilines is 2. The molecule has 2 aromatic heterocycles. The van der Waals surface area contributed by atoms with Crippen LogP contribution in [0.2, 0.25) is 0 Å². The van der Waals surface area contributed by atoms with Crippen molar-refractivity contribution in [1.82, 2.24) is 10.1 Å². The molecule has 1 fully saturated rings. The van der Waals surface area contributed by atoms with Crippen LogP contribution in [0, 0.1) is 12.8 Å². The van der Waals surface area contributed by atoms with Crippen molar-refractivity contribution in [3.63, 3.8) is 0 Å². The van der Waals surface area contributed by atoms with Gasteiger partial charge in [-0.1, -0.05) is 11.2 Å². The minimum atomic E-state index is -0.446. The van der Waals surface area contributed by atoms with Crippen LogP contribution in [0.5, 0.6) is 5.75 Å². The van der Waals surface area contributed by atoms with Crippen LogP contribution in [-0.4, -0.2) is 35.6 Å². The first kappa shape index (κ1) is 18.2. The van der Waals surface area contributed by atoms with Gasteiger partial charge < -0.3 is 19.5 Å². The Morgan fingerprint density at radius 1 is 1.39 bits per heavy atom. The highest BCUT2D eigenvalue weighted by atomic mass is 32.1. The molecule has 2 amide bonds. The summed E-state index contributed by atoms with van der Waals surface area (Å²) in [6, 6.07) is 9.06. The summed E-state index contributed by atoms with van der Waals surface area (Å²) in [4.78, 5) is 31.0. The standard InChI is InChI=1S/C19H18N4O4S/c1-11-20-18(27-22-11)15-6-7-28-19(15)21-17(25)12-8-16(24)23(10-12)13-4-3-5-14(9-13)26-2/h3-7,9,12H,8,10H2,1-2H3,(H,21,25)/t12-/m0/s1. The topological polar surface area (TPSA) is 97.6 Å². The van der Waals surface area contributed by atoms with E-state index in [1.165, 1.54) is 11.3 Å². The molecule has 8 nitrogen and oxygen atoms in total. The molecule has 1 atom stereocenters. The number of ether oxygens (including phenoxy) is 1. The highest BCUT2D eigenvalue weighted by Gasteiger charge is 2.35. The van der Waals surface area contributed by atoms with Crippen molar-refractivity contribution in [3.05, 3.63) is 41.5 Å². The van der Waals surface area contributed by atoms with E-state index in [1.54, 1.807) is 25.0 Å². The second kappa shape index (κ2) is 7.43. The number of hydrogen-bond acceptors (Lipinski definition) is 7. The van der Waals surface area contributed by atoms with Gasteiger partial charge in [-0.25, -0.2) is 0 Å². The summed E-state index contributed by atoms with van der Waals surface area (Å²) < 4.78 is 10.4. The van der Waals surface area contributed by atoms with E-state index >= 15 is 0 Å². The van der Waals surface area contributed by atoms with Gasteiger partial charge >= 0.3 is 0 Å². The Balaban J connectivity index is 1.48. The summed E-state index contributed by atoms with van der Waals surface area (Å²) in [6.45, 7) is 2.05. The van der Waals surface area contributed by atoms with Gasteiger partial charge in [0.25, 0.3) is 5.89 Å². The zero-order valence-corrected chi connectivity index (χ0v) is 16.2. The van der Waals surface area contributed by atoms with Crippen LogP contribution in [0.4, 0.5) is 10.7 Å². The number of rotatable bonds is 5. The predicted molar refractivity (Wildman–Crippen MR) is 104 cm³/mol. The Hall–Kier alpha value is -3.20. The van der Waals surface area contributed by atoms with E-state index in [1.807, 2.05) is 29.6 Å². The number of nitrogens with one attached hydrogen (secondary N) is 1. The Morgan fingerprint density at radius 2 is 2.25 bits per heavy atom. The summed E-state index contributed by atoms with van der Waals surface area (Å²) >= 11 is 1.37. The fourth-order valence-corrected chi connectivity index (χ4v) is 3.89. The van der Waals surface area contributed by atoms with Crippen molar-refractivity contribution in [1.29, 1.82) is 0 Å². The quantitative estimate of drug-likeness (QED) is 0.709. The van der Waals surface area contributed by atoms with Gasteiger partial charge in [-0.15, -0.1) is 11.3 Å². The molecule has 4 rings (SSSR count). The van der Waals surface area contributed by atoms with Crippen molar-refractivity contribution < 1.29 is 18.8 Å². The molecule has 1 saturated heterocycles. The number of carbonyl (C=O) groups excluding carboxylic acids is 2. The van der Waals surface area contributed by atoms with Crippen molar-refractivity contribution in [3.8, 4) is 17.2 Å². The number of thiophene rings is 1. The molecule has 0 spiro atoms. The molecule has 1 N–H and O–H groups in total. The van der Waals surface area contributed by atoms with Crippen LogP contribution < -0.4 is 15.0 Å². The van der Waals surface area contributed by atoms with E-state index in [2.05, 4.69) is 15.5 Å². The maximum atomic E-state index is 12.8. The molecular weight excluding hydrogens is 380 g/mol. The highest BCUT2D eigenvalue weighted by Crippen LogP contribution is 2.34. The van der Waals surface area contributed by atoms with Crippen LogP contribution in [0.15, 0.2) is 40.2 Å². The molecular formula is C19H18N4O4S. The summed E-state index contributed by atoms with van der Waals surface area (Å²) in [6.07, 6.45) is 0.156. The molecule has 3 heterocycles. The van der Waals surface area contributed by atoms with E-state index in [0.717, 1.165) is 5.69 Å². The van der Waals surface area contributed by atoms with Crippen molar-refractivity contribution in [2.75, 3.05) is 23.9 Å². The summed E-state index contributed by atoms with van der Waals surface area (Å²) in [5.41, 5.74) is 1.39. The maximum absolute atomic E-state index is 12.8. The zero-order valence-electron chi connectivity index (χ0n) is 15.3. The van der Waals surface area contributed by atoms with E-state index in [0.29, 0.717) is 34.6 Å². The highest BCUT2D eigenvalue weighted by molar-refractivity contribution is 7.15. The molecule has 28 heavy (non-hydrogen) atoms. The van der Waals surface area contributed by atoms with Crippen LogP contribution >= 0.6 is 11.3 Å². The molecule has 3 aromatic rings. The predicted octanol–water partition coefficient (Wildman–Crippen LogP) is 3.11. The smallest absolute Gasteiger partial charge is 0.260 e. The summed E-state index contributed by atoms with van der Waals surface area (Å²) in [5, 5.41) is 9.15. The molecule has 0 aliphatic carbocycles. The Bertz CT molecular complexity index is 1030. The first-order valence-electron chi connectivity index (χ1n) is 8.68. The summed E-state index contributed by atoms with van der Waals surface area (Å²) in [5.74, 6) is 0.795. The Labute approximate surface area is 165 Å². The van der Waals surface area contributed by atoms with Gasteiger partial charge in [0.2, 0.25) is 11.8 Å². The second-order valence-electron chi connectivity index (χ2n) is 6.41.